The summed E-state index contributed by atoms with van der Waals surface area (Å²) in [5.74, 6) is -0.0863. The lowest BCUT2D eigenvalue weighted by atomic mass is 10.2. The van der Waals surface area contributed by atoms with Gasteiger partial charge in [-0.05, 0) is 48.5 Å². The van der Waals surface area contributed by atoms with Crippen LogP contribution in [0, 0.1) is 0 Å². The summed E-state index contributed by atoms with van der Waals surface area (Å²) in [5.41, 5.74) is 3.57. The molecule has 0 spiro atoms. The Morgan fingerprint density at radius 3 is 2.65 bits per heavy atom. The smallest absolute Gasteiger partial charge is 0.266 e. The summed E-state index contributed by atoms with van der Waals surface area (Å²) in [6.45, 7) is 0. The zero-order chi connectivity index (χ0) is 24.1. The molecule has 1 amide bonds. The number of carbonyl (C=O) groups is 1. The fourth-order valence-corrected chi connectivity index (χ4v) is 3.95. The zero-order valence-electron chi connectivity index (χ0n) is 18.0. The SMILES string of the molecule is COc1ccc(-n2c(SCC(=O)N/N=C\c3ccc(O)cc3O)nc3ccccc3c2=O)cc1. The second-order valence-corrected chi connectivity index (χ2v) is 8.02. The number of thioether (sulfide) groups is 1. The molecule has 0 fully saturated rings. The lowest BCUT2D eigenvalue weighted by molar-refractivity contribution is -0.118. The third-order valence-corrected chi connectivity index (χ3v) is 5.75. The van der Waals surface area contributed by atoms with E-state index in [1.807, 2.05) is 0 Å². The number of aromatic hydroxyl groups is 2. The molecule has 0 aliphatic heterocycles. The lowest BCUT2D eigenvalue weighted by Gasteiger charge is -2.13. The average molecular weight is 477 g/mol. The van der Waals surface area contributed by atoms with E-state index in [1.54, 1.807) is 55.6 Å². The number of phenolic OH excluding ortho intramolecular Hbond substituents is 2. The molecule has 0 radical (unpaired) electrons. The minimum absolute atomic E-state index is 0.0557. The number of hydrazone groups is 1. The van der Waals surface area contributed by atoms with Crippen molar-refractivity contribution in [2.45, 2.75) is 5.16 Å². The first-order chi connectivity index (χ1) is 16.5. The molecule has 0 bridgehead atoms. The number of para-hydroxylation sites is 1. The molecule has 3 N–H and O–H groups in total. The number of fused-ring (bicyclic) bond motifs is 1. The number of carbonyl (C=O) groups excluding carboxylic acids is 1. The Hall–Kier alpha value is -4.31. The number of ether oxygens (including phenoxy) is 1. The average Bonchev–Trinajstić information content (AvgIpc) is 2.84. The van der Waals surface area contributed by atoms with Crippen LogP contribution in [0.3, 0.4) is 0 Å². The summed E-state index contributed by atoms with van der Waals surface area (Å²) in [7, 11) is 1.56. The number of hydrogen-bond donors (Lipinski definition) is 3. The highest BCUT2D eigenvalue weighted by molar-refractivity contribution is 7.99. The minimum atomic E-state index is -0.428. The standard InChI is InChI=1S/C24H20N4O5S/c1-33-18-10-7-16(8-11-18)28-23(32)19-4-2-3-5-20(19)26-24(28)34-14-22(31)27-25-13-15-6-9-17(29)12-21(15)30/h2-13,29-30H,14H2,1H3,(H,27,31)/b25-13-. The Morgan fingerprint density at radius 2 is 1.91 bits per heavy atom. The van der Waals surface area contributed by atoms with Crippen LogP contribution in [0.1, 0.15) is 5.56 Å². The Labute approximate surface area is 198 Å². The van der Waals surface area contributed by atoms with Crippen molar-refractivity contribution in [1.29, 1.82) is 0 Å². The molecule has 172 valence electrons. The molecule has 3 aromatic carbocycles. The molecule has 0 atom stereocenters. The van der Waals surface area contributed by atoms with Crippen molar-refractivity contribution in [2.24, 2.45) is 5.10 Å². The van der Waals surface area contributed by atoms with E-state index < -0.39 is 5.91 Å². The van der Waals surface area contributed by atoms with E-state index in [1.165, 1.54) is 29.0 Å². The van der Waals surface area contributed by atoms with E-state index in [0.29, 0.717) is 33.1 Å². The van der Waals surface area contributed by atoms with Gasteiger partial charge >= 0.3 is 0 Å². The molecule has 0 saturated carbocycles. The minimum Gasteiger partial charge on any atom is -0.508 e. The fourth-order valence-electron chi connectivity index (χ4n) is 3.15. The molecule has 1 heterocycles. The number of hydrogen-bond acceptors (Lipinski definition) is 8. The third kappa shape index (κ3) is 5.02. The molecule has 0 saturated heterocycles. The molecule has 0 unspecified atom stereocenters. The third-order valence-electron chi connectivity index (χ3n) is 4.81. The largest absolute Gasteiger partial charge is 0.508 e. The van der Waals surface area contributed by atoms with Gasteiger partial charge in [0.15, 0.2) is 5.16 Å². The van der Waals surface area contributed by atoms with E-state index in [9.17, 15) is 19.8 Å². The number of rotatable bonds is 7. The van der Waals surface area contributed by atoms with Gasteiger partial charge in [-0.3, -0.25) is 14.2 Å². The summed E-state index contributed by atoms with van der Waals surface area (Å²) in [6, 6.07) is 18.0. The van der Waals surface area contributed by atoms with Crippen molar-refractivity contribution in [3.8, 4) is 22.9 Å². The molecule has 10 heteroatoms. The first-order valence-electron chi connectivity index (χ1n) is 10.1. The molecular formula is C24H20N4O5S. The number of phenols is 2. The normalized spacial score (nSPS) is 11.1. The quantitative estimate of drug-likeness (QED) is 0.162. The Morgan fingerprint density at radius 1 is 1.15 bits per heavy atom. The lowest BCUT2D eigenvalue weighted by Crippen LogP contribution is -2.24. The van der Waals surface area contributed by atoms with Gasteiger partial charge in [0, 0.05) is 11.6 Å². The van der Waals surface area contributed by atoms with E-state index in [0.717, 1.165) is 11.8 Å². The van der Waals surface area contributed by atoms with Crippen LogP contribution in [0.15, 0.2) is 81.8 Å². The predicted molar refractivity (Wildman–Crippen MR) is 130 cm³/mol. The monoisotopic (exact) mass is 476 g/mol. The van der Waals surface area contributed by atoms with Gasteiger partial charge in [-0.1, -0.05) is 23.9 Å². The maximum Gasteiger partial charge on any atom is 0.266 e. The van der Waals surface area contributed by atoms with Crippen molar-refractivity contribution in [2.75, 3.05) is 12.9 Å². The van der Waals surface area contributed by atoms with Gasteiger partial charge in [0.1, 0.15) is 17.2 Å². The van der Waals surface area contributed by atoms with Crippen LogP contribution in [0.25, 0.3) is 16.6 Å². The first-order valence-corrected chi connectivity index (χ1v) is 11.1. The predicted octanol–water partition coefficient (Wildman–Crippen LogP) is 3.05. The van der Waals surface area contributed by atoms with Gasteiger partial charge < -0.3 is 14.9 Å². The molecule has 0 aliphatic rings. The number of nitrogens with one attached hydrogen (secondary N) is 1. The molecule has 4 rings (SSSR count). The van der Waals surface area contributed by atoms with Crippen LogP contribution in [-0.2, 0) is 4.79 Å². The van der Waals surface area contributed by atoms with Crippen LogP contribution in [-0.4, -0.2) is 44.7 Å². The van der Waals surface area contributed by atoms with Gasteiger partial charge in [0.2, 0.25) is 0 Å². The number of benzene rings is 3. The molecule has 1 aromatic heterocycles. The van der Waals surface area contributed by atoms with Crippen molar-refractivity contribution in [3.05, 3.63) is 82.6 Å². The van der Waals surface area contributed by atoms with Crippen molar-refractivity contribution < 1.29 is 19.7 Å². The van der Waals surface area contributed by atoms with Crippen molar-refractivity contribution in [3.63, 3.8) is 0 Å². The highest BCUT2D eigenvalue weighted by atomic mass is 32.2. The zero-order valence-corrected chi connectivity index (χ0v) is 18.8. The van der Waals surface area contributed by atoms with E-state index >= 15 is 0 Å². The van der Waals surface area contributed by atoms with Crippen LogP contribution < -0.4 is 15.7 Å². The number of aromatic nitrogens is 2. The number of methoxy groups -OCH3 is 1. The topological polar surface area (TPSA) is 126 Å². The van der Waals surface area contributed by atoms with Crippen LogP contribution in [0.4, 0.5) is 0 Å². The highest BCUT2D eigenvalue weighted by Gasteiger charge is 2.15. The second kappa shape index (κ2) is 10.1. The van der Waals surface area contributed by atoms with Crippen molar-refractivity contribution >= 4 is 34.8 Å². The Kier molecular flexibility index (Phi) is 6.79. The second-order valence-electron chi connectivity index (χ2n) is 7.08. The van der Waals surface area contributed by atoms with E-state index in [4.69, 9.17) is 4.74 Å². The van der Waals surface area contributed by atoms with Crippen LogP contribution in [0.5, 0.6) is 17.2 Å². The summed E-state index contributed by atoms with van der Waals surface area (Å²) in [5, 5.41) is 23.8. The number of nitrogens with zero attached hydrogens (tertiary/aromatic N) is 3. The number of amides is 1. The molecular weight excluding hydrogens is 456 g/mol. The van der Waals surface area contributed by atoms with E-state index in [2.05, 4.69) is 15.5 Å². The summed E-state index contributed by atoms with van der Waals surface area (Å²) >= 11 is 1.09. The first kappa shape index (κ1) is 22.9. The van der Waals surface area contributed by atoms with Crippen LogP contribution in [0.2, 0.25) is 0 Å². The van der Waals surface area contributed by atoms with Gasteiger partial charge in [-0.25, -0.2) is 10.4 Å². The van der Waals surface area contributed by atoms with Gasteiger partial charge in [0.25, 0.3) is 11.5 Å². The van der Waals surface area contributed by atoms with Crippen molar-refractivity contribution in [1.82, 2.24) is 15.0 Å². The van der Waals surface area contributed by atoms with E-state index in [-0.39, 0.29) is 22.8 Å². The molecule has 0 aliphatic carbocycles. The Bertz CT molecular complexity index is 1430. The molecule has 4 aromatic rings. The van der Waals surface area contributed by atoms with Gasteiger partial charge in [-0.15, -0.1) is 0 Å². The Balaban J connectivity index is 1.56. The maximum absolute atomic E-state index is 13.2. The molecule has 9 nitrogen and oxygen atoms in total. The fraction of sp³-hybridized carbons (Fsp3) is 0.0833. The van der Waals surface area contributed by atoms with Crippen LogP contribution >= 0.6 is 11.8 Å². The van der Waals surface area contributed by atoms with Gasteiger partial charge in [0.05, 0.1) is 35.7 Å². The summed E-state index contributed by atoms with van der Waals surface area (Å²) in [4.78, 5) is 30.2. The molecule has 34 heavy (non-hydrogen) atoms. The maximum atomic E-state index is 13.2. The highest BCUT2D eigenvalue weighted by Crippen LogP contribution is 2.23. The summed E-state index contributed by atoms with van der Waals surface area (Å²) < 4.78 is 6.65. The van der Waals surface area contributed by atoms with Gasteiger partial charge in [-0.2, -0.15) is 5.10 Å². The summed E-state index contributed by atoms with van der Waals surface area (Å²) in [6.07, 6.45) is 1.26.